The monoisotopic (exact) mass is 365 g/mol. The Kier molecular flexibility index (Phi) is 4.56. The summed E-state index contributed by atoms with van der Waals surface area (Å²) in [5, 5.41) is 11.6. The van der Waals surface area contributed by atoms with E-state index in [1.165, 1.54) is 6.07 Å². The molecule has 2 aliphatic heterocycles. The molecular formula is C21H23N3O3. The third kappa shape index (κ3) is 3.27. The molecule has 2 heterocycles. The Balaban J connectivity index is 1.70. The minimum atomic E-state index is -0.378. The molecule has 1 saturated heterocycles. The second-order valence-corrected chi connectivity index (χ2v) is 7.51. The molecule has 0 aliphatic carbocycles. The molecule has 1 amide bonds. The number of nitrogens with zero attached hydrogens (tertiary/aromatic N) is 3. The Morgan fingerprint density at radius 2 is 1.85 bits per heavy atom. The molecule has 1 unspecified atom stereocenters. The lowest BCUT2D eigenvalue weighted by Crippen LogP contribution is -2.39. The van der Waals surface area contributed by atoms with Gasteiger partial charge in [-0.15, -0.1) is 0 Å². The van der Waals surface area contributed by atoms with Crippen molar-refractivity contribution in [2.24, 2.45) is 5.92 Å². The van der Waals surface area contributed by atoms with Crippen LogP contribution in [0, 0.1) is 16.0 Å². The van der Waals surface area contributed by atoms with Gasteiger partial charge in [-0.1, -0.05) is 25.1 Å². The van der Waals surface area contributed by atoms with E-state index in [4.69, 9.17) is 0 Å². The highest BCUT2D eigenvalue weighted by Crippen LogP contribution is 2.34. The van der Waals surface area contributed by atoms with Crippen LogP contribution >= 0.6 is 0 Å². The molecule has 0 aromatic heterocycles. The smallest absolute Gasteiger partial charge is 0.293 e. The molecule has 2 aromatic carbocycles. The zero-order valence-electron chi connectivity index (χ0n) is 15.4. The van der Waals surface area contributed by atoms with Crippen LogP contribution in [0.5, 0.6) is 0 Å². The van der Waals surface area contributed by atoms with Crippen LogP contribution in [0.3, 0.4) is 0 Å². The van der Waals surface area contributed by atoms with E-state index in [0.717, 1.165) is 43.6 Å². The van der Waals surface area contributed by atoms with E-state index >= 15 is 0 Å². The number of carbonyl (C=O) groups excluding carboxylic acids is 1. The predicted molar refractivity (Wildman–Crippen MR) is 106 cm³/mol. The van der Waals surface area contributed by atoms with Gasteiger partial charge in [-0.25, -0.2) is 0 Å². The maximum atomic E-state index is 13.2. The first kappa shape index (κ1) is 17.5. The van der Waals surface area contributed by atoms with Crippen molar-refractivity contribution in [2.45, 2.75) is 26.2 Å². The summed E-state index contributed by atoms with van der Waals surface area (Å²) in [5.41, 5.74) is 3.05. The number of para-hydroxylation sites is 1. The summed E-state index contributed by atoms with van der Waals surface area (Å²) in [5.74, 6) is 0.174. The maximum absolute atomic E-state index is 13.2. The second kappa shape index (κ2) is 7.02. The molecule has 27 heavy (non-hydrogen) atoms. The molecule has 140 valence electrons. The van der Waals surface area contributed by atoms with Crippen LogP contribution in [0.25, 0.3) is 0 Å². The molecule has 6 heteroatoms. The standard InChI is InChI=1S/C21H23N3O3/c1-15-12-16-6-2-3-7-18(16)23(14-15)21(25)17-8-9-19(20(13-17)24(26)27)22-10-4-5-11-22/h2-3,6-9,13,15H,4-5,10-12,14H2,1H3. The summed E-state index contributed by atoms with van der Waals surface area (Å²) in [6, 6.07) is 12.8. The van der Waals surface area contributed by atoms with Gasteiger partial charge in [-0.05, 0) is 48.9 Å². The van der Waals surface area contributed by atoms with Crippen molar-refractivity contribution in [2.75, 3.05) is 29.4 Å². The molecule has 1 atom stereocenters. The van der Waals surface area contributed by atoms with Gasteiger partial charge in [0, 0.05) is 37.0 Å². The van der Waals surface area contributed by atoms with Crippen molar-refractivity contribution >= 4 is 23.0 Å². The molecule has 1 fully saturated rings. The highest BCUT2D eigenvalue weighted by molar-refractivity contribution is 6.07. The van der Waals surface area contributed by atoms with E-state index in [1.807, 2.05) is 29.2 Å². The summed E-state index contributed by atoms with van der Waals surface area (Å²) in [6.45, 7) is 4.39. The Morgan fingerprint density at radius 1 is 1.11 bits per heavy atom. The molecule has 0 bridgehead atoms. The molecule has 2 aromatic rings. The number of amides is 1. The zero-order valence-corrected chi connectivity index (χ0v) is 15.4. The minimum Gasteiger partial charge on any atom is -0.366 e. The fourth-order valence-corrected chi connectivity index (χ4v) is 4.17. The number of nitro benzene ring substituents is 1. The van der Waals surface area contributed by atoms with E-state index in [0.29, 0.717) is 23.7 Å². The van der Waals surface area contributed by atoms with Crippen molar-refractivity contribution in [1.29, 1.82) is 0 Å². The van der Waals surface area contributed by atoms with Gasteiger partial charge >= 0.3 is 0 Å². The number of anilines is 2. The lowest BCUT2D eigenvalue weighted by atomic mass is 9.93. The second-order valence-electron chi connectivity index (χ2n) is 7.51. The molecule has 2 aliphatic rings. The first-order chi connectivity index (χ1) is 13.0. The molecule has 0 saturated carbocycles. The molecule has 0 N–H and O–H groups in total. The van der Waals surface area contributed by atoms with Crippen molar-refractivity contribution in [3.63, 3.8) is 0 Å². The largest absolute Gasteiger partial charge is 0.366 e. The van der Waals surface area contributed by atoms with Gasteiger partial charge in [0.25, 0.3) is 11.6 Å². The van der Waals surface area contributed by atoms with E-state index in [-0.39, 0.29) is 16.5 Å². The SMILES string of the molecule is CC1Cc2ccccc2N(C(=O)c2ccc(N3CCCC3)c([N+](=O)[O-])c2)C1. The van der Waals surface area contributed by atoms with Gasteiger partial charge < -0.3 is 9.80 Å². The van der Waals surface area contributed by atoms with Crippen LogP contribution in [-0.4, -0.2) is 30.5 Å². The van der Waals surface area contributed by atoms with Crippen LogP contribution in [0.15, 0.2) is 42.5 Å². The summed E-state index contributed by atoms with van der Waals surface area (Å²) >= 11 is 0. The van der Waals surface area contributed by atoms with Crippen LogP contribution in [-0.2, 0) is 6.42 Å². The van der Waals surface area contributed by atoms with Gasteiger partial charge in [0.15, 0.2) is 0 Å². The first-order valence-corrected chi connectivity index (χ1v) is 9.48. The molecular weight excluding hydrogens is 342 g/mol. The lowest BCUT2D eigenvalue weighted by Gasteiger charge is -2.33. The van der Waals surface area contributed by atoms with Crippen LogP contribution in [0.2, 0.25) is 0 Å². The van der Waals surface area contributed by atoms with E-state index in [2.05, 4.69) is 6.92 Å². The number of hydrogen-bond acceptors (Lipinski definition) is 4. The van der Waals surface area contributed by atoms with Gasteiger partial charge in [0.2, 0.25) is 0 Å². The number of carbonyl (C=O) groups is 1. The van der Waals surface area contributed by atoms with Gasteiger partial charge in [-0.2, -0.15) is 0 Å². The Morgan fingerprint density at radius 3 is 2.59 bits per heavy atom. The first-order valence-electron chi connectivity index (χ1n) is 9.48. The quantitative estimate of drug-likeness (QED) is 0.608. The number of hydrogen-bond donors (Lipinski definition) is 0. The van der Waals surface area contributed by atoms with E-state index < -0.39 is 0 Å². The van der Waals surface area contributed by atoms with Crippen molar-refractivity contribution < 1.29 is 9.72 Å². The third-order valence-corrected chi connectivity index (χ3v) is 5.46. The number of rotatable bonds is 3. The zero-order chi connectivity index (χ0) is 19.0. The average Bonchev–Trinajstić information content (AvgIpc) is 3.20. The van der Waals surface area contributed by atoms with Gasteiger partial charge in [-0.3, -0.25) is 14.9 Å². The summed E-state index contributed by atoms with van der Waals surface area (Å²) in [6.07, 6.45) is 3.02. The van der Waals surface area contributed by atoms with Crippen molar-refractivity contribution in [1.82, 2.24) is 0 Å². The van der Waals surface area contributed by atoms with Crippen LogP contribution < -0.4 is 9.80 Å². The van der Waals surface area contributed by atoms with Gasteiger partial charge in [0.1, 0.15) is 5.69 Å². The maximum Gasteiger partial charge on any atom is 0.293 e. The van der Waals surface area contributed by atoms with Crippen molar-refractivity contribution in [3.8, 4) is 0 Å². The Hall–Kier alpha value is -2.89. The molecule has 0 radical (unpaired) electrons. The lowest BCUT2D eigenvalue weighted by molar-refractivity contribution is -0.384. The summed E-state index contributed by atoms with van der Waals surface area (Å²) < 4.78 is 0. The normalized spacial score (nSPS) is 19.1. The number of benzene rings is 2. The summed E-state index contributed by atoms with van der Waals surface area (Å²) in [7, 11) is 0. The molecule has 6 nitrogen and oxygen atoms in total. The third-order valence-electron chi connectivity index (χ3n) is 5.46. The highest BCUT2D eigenvalue weighted by Gasteiger charge is 2.29. The van der Waals surface area contributed by atoms with Crippen LogP contribution in [0.1, 0.15) is 35.7 Å². The Labute approximate surface area is 158 Å². The van der Waals surface area contributed by atoms with E-state index in [1.54, 1.807) is 17.0 Å². The Bertz CT molecular complexity index is 890. The minimum absolute atomic E-state index is 0.0149. The average molecular weight is 365 g/mol. The van der Waals surface area contributed by atoms with Gasteiger partial charge in [0.05, 0.1) is 4.92 Å². The molecule has 4 rings (SSSR count). The number of nitro groups is 1. The topological polar surface area (TPSA) is 66.7 Å². The van der Waals surface area contributed by atoms with Crippen LogP contribution in [0.4, 0.5) is 17.1 Å². The summed E-state index contributed by atoms with van der Waals surface area (Å²) in [4.78, 5) is 28.3. The fourth-order valence-electron chi connectivity index (χ4n) is 4.17. The molecule has 0 spiro atoms. The number of fused-ring (bicyclic) bond motifs is 1. The van der Waals surface area contributed by atoms with Crippen molar-refractivity contribution in [3.05, 3.63) is 63.7 Å². The highest BCUT2D eigenvalue weighted by atomic mass is 16.6. The van der Waals surface area contributed by atoms with E-state index in [9.17, 15) is 14.9 Å². The fraction of sp³-hybridized carbons (Fsp3) is 0.381. The predicted octanol–water partition coefficient (Wildman–Crippen LogP) is 4.03.